The molecule has 8 heteroatoms. The molecule has 1 atom stereocenters. The molecule has 160 valence electrons. The predicted molar refractivity (Wildman–Crippen MR) is 111 cm³/mol. The van der Waals surface area contributed by atoms with E-state index in [9.17, 15) is 9.59 Å². The van der Waals surface area contributed by atoms with Crippen LogP contribution in [-0.2, 0) is 11.2 Å². The van der Waals surface area contributed by atoms with Crippen LogP contribution in [0.3, 0.4) is 0 Å². The fourth-order valence-corrected chi connectivity index (χ4v) is 3.36. The number of pyridine rings is 1. The number of nitrogens with zero attached hydrogens (tertiary/aromatic N) is 2. The molecule has 1 fully saturated rings. The molecule has 1 aliphatic heterocycles. The molecular formula is C22H27N3O5. The van der Waals surface area contributed by atoms with Crippen LogP contribution in [0.2, 0.25) is 0 Å². The molecule has 0 saturated carbocycles. The summed E-state index contributed by atoms with van der Waals surface area (Å²) in [6, 6.07) is 12.5. The van der Waals surface area contributed by atoms with E-state index in [2.05, 4.69) is 10.3 Å². The molecular weight excluding hydrogens is 386 g/mol. The number of likely N-dealkylation sites (N-methyl/N-ethyl adjacent to an activating group) is 1. The number of hydrogen-bond donors (Lipinski definition) is 2. The maximum Gasteiger partial charge on any atom is 0.347 e. The summed E-state index contributed by atoms with van der Waals surface area (Å²) in [6.07, 6.45) is 3.01. The lowest BCUT2D eigenvalue weighted by Crippen LogP contribution is -2.48. The first-order chi connectivity index (χ1) is 14.2. The van der Waals surface area contributed by atoms with Crippen LogP contribution in [0.5, 0.6) is 11.5 Å². The molecule has 1 aromatic carbocycles. The average molecular weight is 413 g/mol. The molecule has 3 rings (SSSR count). The molecule has 0 bridgehead atoms. The lowest BCUT2D eigenvalue weighted by molar-refractivity contribution is -0.152. The summed E-state index contributed by atoms with van der Waals surface area (Å²) in [5.74, 6) is 0.0555. The molecule has 30 heavy (non-hydrogen) atoms. The first-order valence-corrected chi connectivity index (χ1v) is 9.79. The molecule has 2 amide bonds. The van der Waals surface area contributed by atoms with Gasteiger partial charge in [-0.05, 0) is 50.2 Å². The van der Waals surface area contributed by atoms with E-state index in [0.29, 0.717) is 37.5 Å². The third-order valence-corrected chi connectivity index (χ3v) is 5.37. The van der Waals surface area contributed by atoms with Gasteiger partial charge >= 0.3 is 12.0 Å². The summed E-state index contributed by atoms with van der Waals surface area (Å²) in [5, 5.41) is 12.1. The van der Waals surface area contributed by atoms with Crippen LogP contribution in [0.1, 0.15) is 26.0 Å². The smallest absolute Gasteiger partial charge is 0.347 e. The number of amides is 2. The van der Waals surface area contributed by atoms with Gasteiger partial charge in [0.25, 0.3) is 0 Å². The number of benzene rings is 1. The van der Waals surface area contributed by atoms with Crippen LogP contribution in [0.25, 0.3) is 0 Å². The van der Waals surface area contributed by atoms with Gasteiger partial charge in [-0.1, -0.05) is 6.07 Å². The topological polar surface area (TPSA) is 101 Å². The van der Waals surface area contributed by atoms with E-state index in [1.54, 1.807) is 42.4 Å². The number of carbonyl (C=O) groups excluding carboxylic acids is 1. The maximum absolute atomic E-state index is 12.1. The number of aliphatic carboxylic acids is 1. The zero-order chi connectivity index (χ0) is 21.8. The Balaban J connectivity index is 1.61. The van der Waals surface area contributed by atoms with Gasteiger partial charge in [0.1, 0.15) is 11.5 Å². The van der Waals surface area contributed by atoms with Gasteiger partial charge in [-0.2, -0.15) is 0 Å². The van der Waals surface area contributed by atoms with E-state index in [0.717, 1.165) is 5.69 Å². The van der Waals surface area contributed by atoms with Crippen molar-refractivity contribution in [2.75, 3.05) is 20.2 Å². The van der Waals surface area contributed by atoms with Gasteiger partial charge < -0.3 is 24.8 Å². The Morgan fingerprint density at radius 1 is 1.23 bits per heavy atom. The van der Waals surface area contributed by atoms with Crippen LogP contribution in [-0.4, -0.2) is 58.3 Å². The minimum Gasteiger partial charge on any atom is -0.494 e. The number of carbonyl (C=O) groups is 2. The Bertz CT molecular complexity index is 885. The Morgan fingerprint density at radius 2 is 1.93 bits per heavy atom. The Kier molecular flexibility index (Phi) is 6.14. The molecule has 2 N–H and O–H groups in total. The van der Waals surface area contributed by atoms with Gasteiger partial charge in [0.15, 0.2) is 5.60 Å². The zero-order valence-electron chi connectivity index (χ0n) is 17.4. The Morgan fingerprint density at radius 3 is 2.50 bits per heavy atom. The quantitative estimate of drug-likeness (QED) is 0.656. The molecule has 8 nitrogen and oxygen atoms in total. The highest BCUT2D eigenvalue weighted by Gasteiger charge is 2.43. The third-order valence-electron chi connectivity index (χ3n) is 5.37. The molecule has 1 aliphatic rings. The number of hydrogen-bond acceptors (Lipinski definition) is 5. The second kappa shape index (κ2) is 8.61. The second-order valence-corrected chi connectivity index (χ2v) is 7.93. The molecule has 0 spiro atoms. The minimum absolute atomic E-state index is 0.103. The molecule has 1 aromatic heterocycles. The van der Waals surface area contributed by atoms with Crippen LogP contribution < -0.4 is 14.8 Å². The lowest BCUT2D eigenvalue weighted by Gasteiger charge is -2.34. The van der Waals surface area contributed by atoms with E-state index in [4.69, 9.17) is 14.6 Å². The normalized spacial score (nSPS) is 18.8. The van der Waals surface area contributed by atoms with Crippen molar-refractivity contribution in [3.63, 3.8) is 0 Å². The number of carboxylic acids is 1. The third kappa shape index (κ3) is 4.82. The van der Waals surface area contributed by atoms with Crippen molar-refractivity contribution in [1.82, 2.24) is 15.2 Å². The summed E-state index contributed by atoms with van der Waals surface area (Å²) in [6.45, 7) is 3.93. The molecule has 2 heterocycles. The van der Waals surface area contributed by atoms with Crippen molar-refractivity contribution >= 4 is 12.0 Å². The van der Waals surface area contributed by atoms with Gasteiger partial charge in [-0.15, -0.1) is 0 Å². The zero-order valence-corrected chi connectivity index (χ0v) is 17.4. The van der Waals surface area contributed by atoms with Gasteiger partial charge in [0, 0.05) is 38.3 Å². The molecule has 0 aliphatic carbocycles. The standard InChI is InChI=1S/C22H27N3O5/c1-21(2,19(26)27)30-18-9-7-17(8-10-18)29-13-11-22(15-24-20(28)25(22)3)14-16-6-4-5-12-23-16/h4-10,12H,11,13-15H2,1-3H3,(H,24,28)(H,26,27)/t22-/m0/s1. The number of ether oxygens (including phenoxy) is 2. The highest BCUT2D eigenvalue weighted by atomic mass is 16.5. The number of aromatic nitrogens is 1. The predicted octanol–water partition coefficient (Wildman–Crippen LogP) is 2.73. The summed E-state index contributed by atoms with van der Waals surface area (Å²) < 4.78 is 11.4. The molecule has 2 aromatic rings. The number of carboxylic acid groups (broad SMARTS) is 1. The molecule has 0 radical (unpaired) electrons. The monoisotopic (exact) mass is 413 g/mol. The highest BCUT2D eigenvalue weighted by Crippen LogP contribution is 2.28. The van der Waals surface area contributed by atoms with Gasteiger partial charge in [-0.25, -0.2) is 9.59 Å². The first kappa shape index (κ1) is 21.4. The summed E-state index contributed by atoms with van der Waals surface area (Å²) in [4.78, 5) is 29.4. The number of rotatable bonds is 9. The Hall–Kier alpha value is -3.29. The van der Waals surface area contributed by atoms with Crippen molar-refractivity contribution in [3.8, 4) is 11.5 Å². The van der Waals surface area contributed by atoms with Crippen molar-refractivity contribution in [1.29, 1.82) is 0 Å². The van der Waals surface area contributed by atoms with Crippen LogP contribution in [0.4, 0.5) is 4.79 Å². The fourth-order valence-electron chi connectivity index (χ4n) is 3.36. The summed E-state index contributed by atoms with van der Waals surface area (Å²) in [7, 11) is 1.79. The summed E-state index contributed by atoms with van der Waals surface area (Å²) in [5.41, 5.74) is -0.810. The van der Waals surface area contributed by atoms with E-state index in [1.807, 2.05) is 18.2 Å². The molecule has 1 saturated heterocycles. The van der Waals surface area contributed by atoms with Crippen LogP contribution >= 0.6 is 0 Å². The summed E-state index contributed by atoms with van der Waals surface area (Å²) >= 11 is 0. The van der Waals surface area contributed by atoms with E-state index < -0.39 is 17.1 Å². The minimum atomic E-state index is -1.31. The van der Waals surface area contributed by atoms with Gasteiger partial charge in [0.2, 0.25) is 0 Å². The molecule has 0 unspecified atom stereocenters. The first-order valence-electron chi connectivity index (χ1n) is 9.79. The maximum atomic E-state index is 12.1. The Labute approximate surface area is 175 Å². The number of nitrogens with one attached hydrogen (secondary N) is 1. The lowest BCUT2D eigenvalue weighted by atomic mass is 9.89. The van der Waals surface area contributed by atoms with Crippen LogP contribution in [0, 0.1) is 0 Å². The second-order valence-electron chi connectivity index (χ2n) is 7.93. The van der Waals surface area contributed by atoms with Crippen molar-refractivity contribution < 1.29 is 24.2 Å². The van der Waals surface area contributed by atoms with Gasteiger partial charge in [0.05, 0.1) is 12.1 Å². The van der Waals surface area contributed by atoms with Gasteiger partial charge in [-0.3, -0.25) is 4.98 Å². The van der Waals surface area contributed by atoms with Crippen molar-refractivity contribution in [2.24, 2.45) is 0 Å². The fraction of sp³-hybridized carbons (Fsp3) is 0.409. The van der Waals surface area contributed by atoms with Crippen molar-refractivity contribution in [2.45, 2.75) is 37.8 Å². The largest absolute Gasteiger partial charge is 0.494 e. The average Bonchev–Trinajstić information content (AvgIpc) is 2.98. The van der Waals surface area contributed by atoms with Crippen LogP contribution in [0.15, 0.2) is 48.7 Å². The SMILES string of the molecule is CN1C(=O)NC[C@]1(CCOc1ccc(OC(C)(C)C(=O)O)cc1)Cc1ccccn1. The highest BCUT2D eigenvalue weighted by molar-refractivity contribution is 5.77. The van der Waals surface area contributed by atoms with Crippen molar-refractivity contribution in [3.05, 3.63) is 54.4 Å². The van der Waals surface area contributed by atoms with E-state index >= 15 is 0 Å². The van der Waals surface area contributed by atoms with E-state index in [-0.39, 0.29) is 6.03 Å². The number of urea groups is 1. The van der Waals surface area contributed by atoms with E-state index in [1.165, 1.54) is 13.8 Å².